The molecule has 0 radical (unpaired) electrons. The van der Waals surface area contributed by atoms with Crippen molar-refractivity contribution in [2.75, 3.05) is 11.9 Å². The van der Waals surface area contributed by atoms with E-state index in [9.17, 15) is 0 Å². The Morgan fingerprint density at radius 3 is 2.09 bits per heavy atom. The van der Waals surface area contributed by atoms with Crippen LogP contribution in [0.4, 0.5) is 5.69 Å². The summed E-state index contributed by atoms with van der Waals surface area (Å²) < 4.78 is 4.60. The van der Waals surface area contributed by atoms with Crippen molar-refractivity contribution in [3.63, 3.8) is 0 Å². The third-order valence-electron chi connectivity index (χ3n) is 9.15. The summed E-state index contributed by atoms with van der Waals surface area (Å²) in [4.78, 5) is 20.8. The highest BCUT2D eigenvalue weighted by Crippen LogP contribution is 2.37. The van der Waals surface area contributed by atoms with E-state index in [1.807, 2.05) is 6.20 Å². The monoisotopic (exact) mass is 593 g/mol. The molecular formula is C37H40BN7. The predicted octanol–water partition coefficient (Wildman–Crippen LogP) is 7.27. The number of nitrogens with one attached hydrogen (secondary N) is 1. The van der Waals surface area contributed by atoms with Crippen molar-refractivity contribution in [2.45, 2.75) is 59.8 Å². The zero-order valence-electron chi connectivity index (χ0n) is 27.2. The Kier molecular flexibility index (Phi) is 7.23. The average Bonchev–Trinajstić information content (AvgIpc) is 3.78. The minimum absolute atomic E-state index is 0.0000980. The van der Waals surface area contributed by atoms with E-state index in [0.29, 0.717) is 18.3 Å². The van der Waals surface area contributed by atoms with Crippen LogP contribution in [-0.4, -0.2) is 43.0 Å². The van der Waals surface area contributed by atoms with E-state index in [4.69, 9.17) is 9.97 Å². The lowest BCUT2D eigenvalue weighted by Crippen LogP contribution is -2.56. The summed E-state index contributed by atoms with van der Waals surface area (Å²) in [6, 6.07) is 21.8. The van der Waals surface area contributed by atoms with Gasteiger partial charge in [0.25, 0.3) is 0 Å². The summed E-state index contributed by atoms with van der Waals surface area (Å²) in [5.74, 6) is 3.27. The van der Waals surface area contributed by atoms with E-state index in [2.05, 4.69) is 145 Å². The molecule has 7 nitrogen and oxygen atoms in total. The number of fused-ring (bicyclic) bond motifs is 3. The molecule has 0 saturated heterocycles. The first-order chi connectivity index (χ1) is 21.7. The topological polar surface area (TPSA) is 67.6 Å². The van der Waals surface area contributed by atoms with Crippen LogP contribution in [-0.2, 0) is 6.42 Å². The molecule has 0 saturated carbocycles. The van der Waals surface area contributed by atoms with Crippen LogP contribution < -0.4 is 10.3 Å². The number of aromatic amines is 1. The van der Waals surface area contributed by atoms with Gasteiger partial charge in [-0.2, -0.15) is 0 Å². The molecule has 8 heteroatoms. The van der Waals surface area contributed by atoms with Gasteiger partial charge in [0.15, 0.2) is 11.6 Å². The van der Waals surface area contributed by atoms with E-state index < -0.39 is 0 Å². The summed E-state index contributed by atoms with van der Waals surface area (Å²) in [7, 11) is 2.19. The van der Waals surface area contributed by atoms with Gasteiger partial charge in [0.1, 0.15) is 5.82 Å². The summed E-state index contributed by atoms with van der Waals surface area (Å²) in [5, 5.41) is 0. The molecule has 3 aromatic carbocycles. The van der Waals surface area contributed by atoms with Crippen molar-refractivity contribution in [3.8, 4) is 28.7 Å². The summed E-state index contributed by atoms with van der Waals surface area (Å²) in [5.41, 5.74) is 11.9. The number of hydrogen-bond donors (Lipinski definition) is 1. The maximum absolute atomic E-state index is 5.29. The Bertz CT molecular complexity index is 1950. The number of H-pyrrole nitrogens is 1. The van der Waals surface area contributed by atoms with E-state index in [0.717, 1.165) is 34.4 Å². The van der Waals surface area contributed by atoms with Crippen LogP contribution >= 0.6 is 0 Å². The van der Waals surface area contributed by atoms with E-state index >= 15 is 0 Å². The van der Waals surface area contributed by atoms with Crippen molar-refractivity contribution in [1.82, 2.24) is 29.0 Å². The fourth-order valence-electron chi connectivity index (χ4n) is 6.99. The molecule has 0 bridgehead atoms. The molecule has 7 rings (SSSR count). The second kappa shape index (κ2) is 11.3. The molecular weight excluding hydrogens is 553 g/mol. The Morgan fingerprint density at radius 1 is 0.778 bits per heavy atom. The van der Waals surface area contributed by atoms with Gasteiger partial charge in [0.2, 0.25) is 0 Å². The molecule has 0 unspecified atom stereocenters. The Morgan fingerprint density at radius 2 is 1.42 bits per heavy atom. The number of anilines is 1. The standard InChI is InChI=1S/C37H40BN7/c1-23(2)29-15-11-16-30(24(3)4)34(29)44-21-27(42-37(44)35-39-18-19-40-35)20-28-22-45-36(41-28)31-14-8-9-17-32(31)43(7)38(45)33-25(5)12-10-13-26(33)6/h8-19,21-24H,20H2,1-7H3,(H,39,40). The zero-order valence-corrected chi connectivity index (χ0v) is 27.2. The normalized spacial score (nSPS) is 12.7. The predicted molar refractivity (Wildman–Crippen MR) is 185 cm³/mol. The smallest absolute Gasteiger partial charge is 0.394 e. The third-order valence-corrected chi connectivity index (χ3v) is 9.15. The van der Waals surface area contributed by atoms with Crippen molar-refractivity contribution in [1.29, 1.82) is 0 Å². The van der Waals surface area contributed by atoms with E-state index in [1.165, 1.54) is 39.1 Å². The first kappa shape index (κ1) is 28.9. The lowest BCUT2D eigenvalue weighted by molar-refractivity contribution is 0.805. The maximum atomic E-state index is 5.29. The van der Waals surface area contributed by atoms with Gasteiger partial charge in [-0.3, -0.25) is 4.57 Å². The van der Waals surface area contributed by atoms with Crippen molar-refractivity contribution >= 4 is 18.1 Å². The van der Waals surface area contributed by atoms with Crippen LogP contribution in [0.15, 0.2) is 85.5 Å². The number of rotatable bonds is 7. The number of aryl methyl sites for hydroxylation is 2. The second-order valence-corrected chi connectivity index (χ2v) is 12.9. The van der Waals surface area contributed by atoms with Gasteiger partial charge in [0.05, 0.1) is 17.1 Å². The van der Waals surface area contributed by atoms with Gasteiger partial charge in [-0.1, -0.05) is 87.4 Å². The number of aromatic nitrogens is 6. The molecule has 1 aliphatic rings. The molecule has 0 aliphatic carbocycles. The third kappa shape index (κ3) is 4.89. The van der Waals surface area contributed by atoms with Crippen LogP contribution in [0, 0.1) is 13.8 Å². The van der Waals surface area contributed by atoms with Crippen LogP contribution in [0.2, 0.25) is 0 Å². The van der Waals surface area contributed by atoms with Gasteiger partial charge in [-0.25, -0.2) is 15.0 Å². The van der Waals surface area contributed by atoms with Crippen LogP contribution in [0.1, 0.15) is 73.2 Å². The van der Waals surface area contributed by atoms with Crippen molar-refractivity contribution in [3.05, 3.63) is 119 Å². The highest BCUT2D eigenvalue weighted by molar-refractivity contribution is 6.77. The SMILES string of the molecule is Cc1cccc(C)c1B1N(C)c2ccccc2-c2nc(Cc3cn(-c4c(C(C)C)cccc4C(C)C)c(-c4ncc[nH]4)n3)cn21. The number of hydrogen-bond acceptors (Lipinski definition) is 4. The second-order valence-electron chi connectivity index (χ2n) is 12.9. The first-order valence-corrected chi connectivity index (χ1v) is 15.9. The number of benzene rings is 3. The number of imidazole rings is 3. The molecule has 0 fully saturated rings. The zero-order chi connectivity index (χ0) is 31.4. The van der Waals surface area contributed by atoms with Crippen LogP contribution in [0.25, 0.3) is 28.7 Å². The van der Waals surface area contributed by atoms with E-state index in [-0.39, 0.29) is 6.98 Å². The fraction of sp³-hybridized carbons (Fsp3) is 0.270. The summed E-state index contributed by atoms with van der Waals surface area (Å²) in [6.07, 6.45) is 8.67. The Balaban J connectivity index is 1.37. The quantitative estimate of drug-likeness (QED) is 0.198. The van der Waals surface area contributed by atoms with Gasteiger partial charge in [-0.15, -0.1) is 0 Å². The molecule has 226 valence electrons. The number of nitrogens with zero attached hydrogens (tertiary/aromatic N) is 6. The summed E-state index contributed by atoms with van der Waals surface area (Å²) >= 11 is 0. The molecule has 6 aromatic rings. The lowest BCUT2D eigenvalue weighted by atomic mass is 9.60. The van der Waals surface area contributed by atoms with Gasteiger partial charge < -0.3 is 14.3 Å². The molecule has 0 amide bonds. The molecule has 4 heterocycles. The first-order valence-electron chi connectivity index (χ1n) is 15.9. The van der Waals surface area contributed by atoms with Crippen molar-refractivity contribution in [2.24, 2.45) is 0 Å². The van der Waals surface area contributed by atoms with Crippen LogP contribution in [0.5, 0.6) is 0 Å². The van der Waals surface area contributed by atoms with Crippen molar-refractivity contribution < 1.29 is 0 Å². The molecule has 45 heavy (non-hydrogen) atoms. The highest BCUT2D eigenvalue weighted by Gasteiger charge is 2.37. The van der Waals surface area contributed by atoms with Gasteiger partial charge in [0, 0.05) is 42.5 Å². The van der Waals surface area contributed by atoms with Gasteiger partial charge in [-0.05, 0) is 61.5 Å². The Labute approximate surface area is 266 Å². The Hall–Kier alpha value is -4.85. The largest absolute Gasteiger partial charge is 0.417 e. The highest BCUT2D eigenvalue weighted by atomic mass is 15.2. The van der Waals surface area contributed by atoms with E-state index in [1.54, 1.807) is 6.20 Å². The average molecular weight is 594 g/mol. The number of para-hydroxylation sites is 2. The molecule has 0 atom stereocenters. The molecule has 0 spiro atoms. The van der Waals surface area contributed by atoms with Gasteiger partial charge >= 0.3 is 6.98 Å². The maximum Gasteiger partial charge on any atom is 0.417 e. The molecule has 3 aromatic heterocycles. The minimum atomic E-state index is 0.0000980. The molecule has 1 aliphatic heterocycles. The fourth-order valence-corrected chi connectivity index (χ4v) is 6.99. The minimum Gasteiger partial charge on any atom is -0.394 e. The van der Waals surface area contributed by atoms with Crippen LogP contribution in [0.3, 0.4) is 0 Å². The summed E-state index contributed by atoms with van der Waals surface area (Å²) in [6.45, 7) is 13.4. The lowest BCUT2D eigenvalue weighted by Gasteiger charge is -2.36. The molecule has 1 N–H and O–H groups in total.